The Balaban J connectivity index is 1.71. The number of pyridine rings is 1. The van der Waals surface area contributed by atoms with Gasteiger partial charge in [0.25, 0.3) is 0 Å². The summed E-state index contributed by atoms with van der Waals surface area (Å²) in [5.74, 6) is -0.0975. The predicted octanol–water partition coefficient (Wildman–Crippen LogP) is 4.56. The van der Waals surface area contributed by atoms with Crippen molar-refractivity contribution in [1.29, 1.82) is 0 Å². The first-order chi connectivity index (χ1) is 12.0. The number of nitrogens with one attached hydrogen (secondary N) is 1. The Morgan fingerprint density at radius 3 is 2.44 bits per heavy atom. The van der Waals surface area contributed by atoms with Crippen LogP contribution in [0.5, 0.6) is 0 Å². The minimum atomic E-state index is -0.250. The van der Waals surface area contributed by atoms with Gasteiger partial charge in [-0.15, -0.1) is 0 Å². The largest absolute Gasteiger partial charge is 0.326 e. The summed E-state index contributed by atoms with van der Waals surface area (Å²) in [6.07, 6.45) is 0. The number of fused-ring (bicyclic) bond motifs is 1. The average molecular weight is 350 g/mol. The van der Waals surface area contributed by atoms with E-state index < -0.39 is 0 Å². The maximum Gasteiger partial charge on any atom is 0.221 e. The van der Waals surface area contributed by atoms with E-state index in [1.54, 1.807) is 24.3 Å². The van der Waals surface area contributed by atoms with E-state index >= 15 is 0 Å². The third-order valence-electron chi connectivity index (χ3n) is 3.73. The molecule has 1 amide bonds. The lowest BCUT2D eigenvalue weighted by atomic mass is 10.1. The lowest BCUT2D eigenvalue weighted by Crippen LogP contribution is -2.14. The fourth-order valence-corrected chi connectivity index (χ4v) is 3.41. The van der Waals surface area contributed by atoms with Gasteiger partial charge in [-0.25, -0.2) is 4.98 Å². The van der Waals surface area contributed by atoms with Crippen LogP contribution in [-0.4, -0.2) is 21.9 Å². The van der Waals surface area contributed by atoms with Gasteiger partial charge in [-0.2, -0.15) is 0 Å². The highest BCUT2D eigenvalue weighted by molar-refractivity contribution is 8.00. The minimum absolute atomic E-state index is 0.0364. The Labute approximate surface area is 150 Å². The molecule has 3 rings (SSSR count). The molecule has 0 saturated heterocycles. The van der Waals surface area contributed by atoms with Crippen LogP contribution in [0.1, 0.15) is 24.2 Å². The van der Waals surface area contributed by atoms with Gasteiger partial charge in [0, 0.05) is 23.6 Å². The number of Topliss-reactive ketones (excluding diaryl/α,β-unsaturated/α-hetero) is 1. The van der Waals surface area contributed by atoms with Crippen molar-refractivity contribution in [1.82, 2.24) is 4.98 Å². The second-order valence-electron chi connectivity index (χ2n) is 5.73. The van der Waals surface area contributed by atoms with E-state index in [-0.39, 0.29) is 16.9 Å². The summed E-state index contributed by atoms with van der Waals surface area (Å²) in [4.78, 5) is 28.3. The van der Waals surface area contributed by atoms with Crippen molar-refractivity contribution in [2.75, 3.05) is 5.32 Å². The number of rotatable bonds is 5. The first kappa shape index (κ1) is 17.2. The Hall–Kier alpha value is -2.66. The Bertz CT molecular complexity index is 922. The Kier molecular flexibility index (Phi) is 5.14. The van der Waals surface area contributed by atoms with Crippen molar-refractivity contribution >= 4 is 40.0 Å². The highest BCUT2D eigenvalue weighted by Crippen LogP contribution is 2.26. The number of nitrogens with zero attached hydrogens (tertiary/aromatic N) is 1. The smallest absolute Gasteiger partial charge is 0.221 e. The second kappa shape index (κ2) is 7.49. The molecule has 0 aliphatic heterocycles. The quantitative estimate of drug-likeness (QED) is 0.541. The SMILES string of the molecule is CC(=O)Nc1ccc(C(=O)[C@H](C)Sc2ccc3ccccc3n2)cc1. The highest BCUT2D eigenvalue weighted by atomic mass is 32.2. The number of aromatic nitrogens is 1. The van der Waals surface area contributed by atoms with Crippen LogP contribution in [-0.2, 0) is 4.79 Å². The van der Waals surface area contributed by atoms with Crippen molar-refractivity contribution in [2.24, 2.45) is 0 Å². The van der Waals surface area contributed by atoms with E-state index in [1.807, 2.05) is 43.3 Å². The van der Waals surface area contributed by atoms with Gasteiger partial charge in [0.2, 0.25) is 5.91 Å². The van der Waals surface area contributed by atoms with Gasteiger partial charge in [-0.3, -0.25) is 9.59 Å². The number of ketones is 1. The van der Waals surface area contributed by atoms with E-state index in [4.69, 9.17) is 0 Å². The number of benzene rings is 2. The minimum Gasteiger partial charge on any atom is -0.326 e. The maximum atomic E-state index is 12.6. The molecular formula is C20H18N2O2S. The zero-order valence-corrected chi connectivity index (χ0v) is 14.8. The number of para-hydroxylation sites is 1. The van der Waals surface area contributed by atoms with Crippen molar-refractivity contribution in [3.8, 4) is 0 Å². The number of thioether (sulfide) groups is 1. The van der Waals surface area contributed by atoms with Crippen molar-refractivity contribution in [3.05, 3.63) is 66.2 Å². The number of amides is 1. The van der Waals surface area contributed by atoms with Gasteiger partial charge in [0.05, 0.1) is 15.8 Å². The average Bonchev–Trinajstić information content (AvgIpc) is 2.61. The first-order valence-electron chi connectivity index (χ1n) is 7.97. The van der Waals surface area contributed by atoms with Crippen molar-refractivity contribution < 1.29 is 9.59 Å². The van der Waals surface area contributed by atoms with Gasteiger partial charge < -0.3 is 5.32 Å². The molecule has 3 aromatic rings. The van der Waals surface area contributed by atoms with Crippen LogP contribution in [0.25, 0.3) is 10.9 Å². The molecule has 5 heteroatoms. The standard InChI is InChI=1S/C20H18N2O2S/c1-13(20(24)16-7-10-17(11-8-16)21-14(2)23)25-19-12-9-15-5-3-4-6-18(15)22-19/h3-13H,1-2H3,(H,21,23)/t13-/m0/s1. The normalized spacial score (nSPS) is 11.9. The summed E-state index contributed by atoms with van der Waals surface area (Å²) >= 11 is 1.45. The predicted molar refractivity (Wildman–Crippen MR) is 102 cm³/mol. The molecule has 1 heterocycles. The molecule has 0 aliphatic carbocycles. The van der Waals surface area contributed by atoms with Crippen LogP contribution in [0.4, 0.5) is 5.69 Å². The van der Waals surface area contributed by atoms with E-state index in [2.05, 4.69) is 10.3 Å². The number of anilines is 1. The van der Waals surface area contributed by atoms with Crippen LogP contribution >= 0.6 is 11.8 Å². The Morgan fingerprint density at radius 1 is 1.00 bits per heavy atom. The molecule has 4 nitrogen and oxygen atoms in total. The second-order valence-corrected chi connectivity index (χ2v) is 7.09. The topological polar surface area (TPSA) is 59.1 Å². The van der Waals surface area contributed by atoms with Crippen LogP contribution in [0.3, 0.4) is 0 Å². The molecule has 0 unspecified atom stereocenters. The molecule has 2 aromatic carbocycles. The highest BCUT2D eigenvalue weighted by Gasteiger charge is 2.17. The molecule has 0 saturated carbocycles. The number of carbonyl (C=O) groups excluding carboxylic acids is 2. The molecule has 1 N–H and O–H groups in total. The van der Waals surface area contributed by atoms with E-state index in [0.29, 0.717) is 11.3 Å². The van der Waals surface area contributed by atoms with Crippen molar-refractivity contribution in [2.45, 2.75) is 24.1 Å². The molecular weight excluding hydrogens is 332 g/mol. The molecule has 0 bridgehead atoms. The van der Waals surface area contributed by atoms with Crippen LogP contribution in [0.15, 0.2) is 65.7 Å². The van der Waals surface area contributed by atoms with E-state index in [0.717, 1.165) is 15.9 Å². The zero-order chi connectivity index (χ0) is 17.8. The van der Waals surface area contributed by atoms with Crippen LogP contribution < -0.4 is 5.32 Å². The molecule has 126 valence electrons. The van der Waals surface area contributed by atoms with Crippen LogP contribution in [0.2, 0.25) is 0 Å². The molecule has 0 radical (unpaired) electrons. The fourth-order valence-electron chi connectivity index (χ4n) is 2.50. The molecule has 1 aromatic heterocycles. The lowest BCUT2D eigenvalue weighted by Gasteiger charge is -2.11. The summed E-state index contributed by atoms with van der Waals surface area (Å²) < 4.78 is 0. The summed E-state index contributed by atoms with van der Waals surface area (Å²) in [6.45, 7) is 3.33. The lowest BCUT2D eigenvalue weighted by molar-refractivity contribution is -0.114. The van der Waals surface area contributed by atoms with Crippen molar-refractivity contribution in [3.63, 3.8) is 0 Å². The summed E-state index contributed by atoms with van der Waals surface area (Å²) in [6, 6.07) is 18.8. The van der Waals surface area contributed by atoms with E-state index in [1.165, 1.54) is 18.7 Å². The summed E-state index contributed by atoms with van der Waals surface area (Å²) in [7, 11) is 0. The third kappa shape index (κ3) is 4.25. The first-order valence-corrected chi connectivity index (χ1v) is 8.85. The monoisotopic (exact) mass is 350 g/mol. The summed E-state index contributed by atoms with van der Waals surface area (Å²) in [5, 5.41) is 4.35. The van der Waals surface area contributed by atoms with Gasteiger partial charge in [-0.1, -0.05) is 36.0 Å². The van der Waals surface area contributed by atoms with Gasteiger partial charge in [0.15, 0.2) is 5.78 Å². The molecule has 0 spiro atoms. The molecule has 25 heavy (non-hydrogen) atoms. The number of hydrogen-bond acceptors (Lipinski definition) is 4. The fraction of sp³-hybridized carbons (Fsp3) is 0.150. The van der Waals surface area contributed by atoms with E-state index in [9.17, 15) is 9.59 Å². The third-order valence-corrected chi connectivity index (χ3v) is 4.77. The van der Waals surface area contributed by atoms with Gasteiger partial charge >= 0.3 is 0 Å². The van der Waals surface area contributed by atoms with Gasteiger partial charge in [0.1, 0.15) is 0 Å². The molecule has 1 atom stereocenters. The number of hydrogen-bond donors (Lipinski definition) is 1. The zero-order valence-electron chi connectivity index (χ0n) is 14.0. The molecule has 0 aliphatic rings. The van der Waals surface area contributed by atoms with Crippen LogP contribution in [0, 0.1) is 0 Å². The molecule has 0 fully saturated rings. The summed E-state index contributed by atoms with van der Waals surface area (Å²) in [5.41, 5.74) is 2.22. The Morgan fingerprint density at radius 2 is 1.72 bits per heavy atom. The maximum absolute atomic E-state index is 12.6. The number of carbonyl (C=O) groups is 2. The van der Waals surface area contributed by atoms with Gasteiger partial charge in [-0.05, 0) is 43.3 Å².